The second kappa shape index (κ2) is 7.49. The molecule has 0 unspecified atom stereocenters. The van der Waals surface area contributed by atoms with E-state index >= 15 is 0 Å². The van der Waals surface area contributed by atoms with Crippen LogP contribution < -0.4 is 0 Å². The fourth-order valence-electron chi connectivity index (χ4n) is 2.04. The predicted molar refractivity (Wildman–Crippen MR) is 74.1 cm³/mol. The molecule has 0 saturated carbocycles. The summed E-state index contributed by atoms with van der Waals surface area (Å²) in [4.78, 5) is 14.4. The minimum Gasteiger partial charge on any atom is -0.338 e. The van der Waals surface area contributed by atoms with Crippen LogP contribution in [0, 0.1) is 5.92 Å². The van der Waals surface area contributed by atoms with E-state index in [0.717, 1.165) is 32.4 Å². The lowest BCUT2D eigenvalue weighted by molar-refractivity contribution is -0.136. The van der Waals surface area contributed by atoms with E-state index in [0.29, 0.717) is 5.91 Å². The molecular formula is C14H23NOS. The van der Waals surface area contributed by atoms with Crippen molar-refractivity contribution < 1.29 is 4.79 Å². The van der Waals surface area contributed by atoms with Gasteiger partial charge in [-0.05, 0) is 41.7 Å². The molecular weight excluding hydrogens is 230 g/mol. The first-order chi connectivity index (χ1) is 8.22. The second-order valence-electron chi connectivity index (χ2n) is 4.40. The number of carbonyl (C=O) groups excluding carboxylic acids is 1. The van der Waals surface area contributed by atoms with Gasteiger partial charge in [0.15, 0.2) is 0 Å². The Labute approximate surface area is 109 Å². The van der Waals surface area contributed by atoms with Gasteiger partial charge in [-0.25, -0.2) is 0 Å². The highest BCUT2D eigenvalue weighted by molar-refractivity contribution is 7.07. The molecule has 0 aliphatic carbocycles. The quantitative estimate of drug-likeness (QED) is 0.721. The summed E-state index contributed by atoms with van der Waals surface area (Å²) in [7, 11) is 0. The van der Waals surface area contributed by atoms with Gasteiger partial charge in [0.05, 0.1) is 0 Å². The molecule has 1 aromatic heterocycles. The first-order valence-corrected chi connectivity index (χ1v) is 7.47. The summed E-state index contributed by atoms with van der Waals surface area (Å²) in [5, 5.41) is 4.20. The zero-order valence-corrected chi connectivity index (χ0v) is 11.9. The van der Waals surface area contributed by atoms with Gasteiger partial charge < -0.3 is 4.90 Å². The first kappa shape index (κ1) is 14.2. The SMILES string of the molecule is CCCN(Cc1ccsc1)C(=O)C(CC)CC. The summed E-state index contributed by atoms with van der Waals surface area (Å²) in [6.45, 7) is 7.96. The Kier molecular flexibility index (Phi) is 6.27. The minimum absolute atomic E-state index is 0.195. The Bertz CT molecular complexity index is 317. The van der Waals surface area contributed by atoms with E-state index in [4.69, 9.17) is 0 Å². The molecule has 0 spiro atoms. The van der Waals surface area contributed by atoms with Crippen LogP contribution in [0.1, 0.15) is 45.6 Å². The molecule has 0 saturated heterocycles. The van der Waals surface area contributed by atoms with Crippen LogP contribution >= 0.6 is 11.3 Å². The number of hydrogen-bond acceptors (Lipinski definition) is 2. The summed E-state index contributed by atoms with van der Waals surface area (Å²) in [6, 6.07) is 2.10. The van der Waals surface area contributed by atoms with Gasteiger partial charge in [-0.2, -0.15) is 11.3 Å². The lowest BCUT2D eigenvalue weighted by Crippen LogP contribution is -2.35. The van der Waals surface area contributed by atoms with Crippen LogP contribution in [0.4, 0.5) is 0 Å². The summed E-state index contributed by atoms with van der Waals surface area (Å²) in [6.07, 6.45) is 2.91. The Morgan fingerprint density at radius 3 is 2.53 bits per heavy atom. The van der Waals surface area contributed by atoms with Crippen LogP contribution in [-0.2, 0) is 11.3 Å². The molecule has 1 rings (SSSR count). The molecule has 96 valence electrons. The molecule has 0 radical (unpaired) electrons. The third-order valence-electron chi connectivity index (χ3n) is 3.09. The van der Waals surface area contributed by atoms with Gasteiger partial charge in [-0.3, -0.25) is 4.79 Å². The highest BCUT2D eigenvalue weighted by atomic mass is 32.1. The first-order valence-electron chi connectivity index (χ1n) is 6.52. The number of hydrogen-bond donors (Lipinski definition) is 0. The zero-order chi connectivity index (χ0) is 12.7. The summed E-state index contributed by atoms with van der Waals surface area (Å²) < 4.78 is 0. The maximum atomic E-state index is 12.4. The number of amides is 1. The van der Waals surface area contributed by atoms with Crippen molar-refractivity contribution in [3.05, 3.63) is 22.4 Å². The van der Waals surface area contributed by atoms with Gasteiger partial charge in [-0.15, -0.1) is 0 Å². The Morgan fingerprint density at radius 2 is 2.06 bits per heavy atom. The van der Waals surface area contributed by atoms with Crippen LogP contribution in [0.5, 0.6) is 0 Å². The molecule has 2 nitrogen and oxygen atoms in total. The zero-order valence-electron chi connectivity index (χ0n) is 11.1. The van der Waals surface area contributed by atoms with E-state index in [-0.39, 0.29) is 5.92 Å². The van der Waals surface area contributed by atoms with E-state index in [9.17, 15) is 4.79 Å². The van der Waals surface area contributed by atoms with Gasteiger partial charge in [0.1, 0.15) is 0 Å². The molecule has 17 heavy (non-hydrogen) atoms. The van der Waals surface area contributed by atoms with Crippen molar-refractivity contribution in [2.75, 3.05) is 6.54 Å². The molecule has 0 aromatic carbocycles. The average molecular weight is 253 g/mol. The second-order valence-corrected chi connectivity index (χ2v) is 5.18. The van der Waals surface area contributed by atoms with Gasteiger partial charge >= 0.3 is 0 Å². The van der Waals surface area contributed by atoms with E-state index in [1.54, 1.807) is 11.3 Å². The number of nitrogens with zero attached hydrogens (tertiary/aromatic N) is 1. The third kappa shape index (κ3) is 4.15. The van der Waals surface area contributed by atoms with Gasteiger partial charge in [0, 0.05) is 19.0 Å². The maximum absolute atomic E-state index is 12.4. The monoisotopic (exact) mass is 253 g/mol. The van der Waals surface area contributed by atoms with Crippen LogP contribution in [0.15, 0.2) is 16.8 Å². The van der Waals surface area contributed by atoms with Crippen molar-refractivity contribution in [3.8, 4) is 0 Å². The third-order valence-corrected chi connectivity index (χ3v) is 3.83. The molecule has 0 fully saturated rings. The van der Waals surface area contributed by atoms with Crippen LogP contribution in [0.2, 0.25) is 0 Å². The van der Waals surface area contributed by atoms with Crippen LogP contribution in [0.3, 0.4) is 0 Å². The van der Waals surface area contributed by atoms with Crippen LogP contribution in [0.25, 0.3) is 0 Å². The number of carbonyl (C=O) groups is 1. The molecule has 3 heteroatoms. The van der Waals surface area contributed by atoms with Crippen molar-refractivity contribution in [2.45, 2.75) is 46.6 Å². The Balaban J connectivity index is 2.67. The normalized spacial score (nSPS) is 10.8. The van der Waals surface area contributed by atoms with Crippen molar-refractivity contribution in [1.29, 1.82) is 0 Å². The van der Waals surface area contributed by atoms with Crippen molar-refractivity contribution in [3.63, 3.8) is 0 Å². The molecule has 1 amide bonds. The van der Waals surface area contributed by atoms with E-state index in [1.165, 1.54) is 5.56 Å². The summed E-state index contributed by atoms with van der Waals surface area (Å²) >= 11 is 1.69. The topological polar surface area (TPSA) is 20.3 Å². The fraction of sp³-hybridized carbons (Fsp3) is 0.643. The van der Waals surface area contributed by atoms with Crippen molar-refractivity contribution >= 4 is 17.2 Å². The van der Waals surface area contributed by atoms with E-state index in [2.05, 4.69) is 37.6 Å². The lowest BCUT2D eigenvalue weighted by Gasteiger charge is -2.26. The standard InChI is InChI=1S/C14H23NOS/c1-4-8-15(10-12-7-9-17-11-12)14(16)13(5-2)6-3/h7,9,11,13H,4-6,8,10H2,1-3H3. The summed E-state index contributed by atoms with van der Waals surface area (Å²) in [5.41, 5.74) is 1.25. The van der Waals surface area contributed by atoms with Gasteiger partial charge in [0.25, 0.3) is 0 Å². The molecule has 0 bridgehead atoms. The highest BCUT2D eigenvalue weighted by Crippen LogP contribution is 2.16. The van der Waals surface area contributed by atoms with Crippen LogP contribution in [-0.4, -0.2) is 17.4 Å². The smallest absolute Gasteiger partial charge is 0.225 e. The molecule has 0 aliphatic rings. The minimum atomic E-state index is 0.195. The predicted octanol–water partition coefficient (Wildman–Crippen LogP) is 3.92. The lowest BCUT2D eigenvalue weighted by atomic mass is 10.0. The van der Waals surface area contributed by atoms with Gasteiger partial charge in [0.2, 0.25) is 5.91 Å². The summed E-state index contributed by atoms with van der Waals surface area (Å²) in [5.74, 6) is 0.517. The van der Waals surface area contributed by atoms with Crippen molar-refractivity contribution in [2.24, 2.45) is 5.92 Å². The van der Waals surface area contributed by atoms with E-state index in [1.807, 2.05) is 4.90 Å². The molecule has 1 aromatic rings. The molecule has 0 atom stereocenters. The molecule has 0 N–H and O–H groups in total. The Morgan fingerprint density at radius 1 is 1.35 bits per heavy atom. The highest BCUT2D eigenvalue weighted by Gasteiger charge is 2.20. The largest absolute Gasteiger partial charge is 0.338 e. The molecule has 0 aliphatic heterocycles. The van der Waals surface area contributed by atoms with E-state index < -0.39 is 0 Å². The molecule has 1 heterocycles. The van der Waals surface area contributed by atoms with Crippen molar-refractivity contribution in [1.82, 2.24) is 4.90 Å². The Hall–Kier alpha value is -0.830. The number of thiophene rings is 1. The fourth-order valence-corrected chi connectivity index (χ4v) is 2.70. The van der Waals surface area contributed by atoms with Gasteiger partial charge in [-0.1, -0.05) is 20.8 Å². The maximum Gasteiger partial charge on any atom is 0.225 e. The number of rotatable bonds is 7. The average Bonchev–Trinajstić information content (AvgIpc) is 2.83.